The Kier molecular flexibility index (Phi) is 7.16. The molecule has 4 rings (SSSR count). The first-order valence-electron chi connectivity index (χ1n) is 11.8. The van der Waals surface area contributed by atoms with Crippen molar-refractivity contribution < 1.29 is 9.53 Å². The number of carbonyl (C=O) groups excluding carboxylic acids is 1. The molecule has 0 amide bonds. The molecule has 0 aliphatic heterocycles. The SMILES string of the molecule is COC(=O)C(C)(C)Cc1c(SCC2CC2)c2cc(C(C)C)ccc2n1Cc1ccc(Cl)cc1. The monoisotopic (exact) mass is 483 g/mol. The predicted octanol–water partition coefficient (Wildman–Crippen LogP) is 7.71. The number of halogens is 1. The minimum absolute atomic E-state index is 0.174. The van der Waals surface area contributed by atoms with Crippen LogP contribution in [0, 0.1) is 11.3 Å². The number of aromatic nitrogens is 1. The second-order valence-electron chi connectivity index (χ2n) is 10.2. The smallest absolute Gasteiger partial charge is 0.311 e. The molecule has 0 spiro atoms. The quantitative estimate of drug-likeness (QED) is 0.230. The van der Waals surface area contributed by atoms with Crippen LogP contribution in [0.25, 0.3) is 10.9 Å². The van der Waals surface area contributed by atoms with E-state index in [1.807, 2.05) is 37.7 Å². The fourth-order valence-electron chi connectivity index (χ4n) is 4.30. The van der Waals surface area contributed by atoms with E-state index in [2.05, 4.69) is 48.7 Å². The van der Waals surface area contributed by atoms with Crippen molar-refractivity contribution in [3.05, 3.63) is 64.3 Å². The number of thioether (sulfide) groups is 1. The summed E-state index contributed by atoms with van der Waals surface area (Å²) in [6.45, 7) is 9.19. The molecule has 1 saturated carbocycles. The van der Waals surface area contributed by atoms with E-state index in [0.29, 0.717) is 12.3 Å². The Balaban J connectivity index is 1.88. The Bertz CT molecular complexity index is 1140. The summed E-state index contributed by atoms with van der Waals surface area (Å²) in [5.74, 6) is 2.24. The highest BCUT2D eigenvalue weighted by Crippen LogP contribution is 2.43. The van der Waals surface area contributed by atoms with Crippen LogP contribution in [0.2, 0.25) is 5.02 Å². The zero-order valence-electron chi connectivity index (χ0n) is 20.3. The highest BCUT2D eigenvalue weighted by atomic mass is 35.5. The summed E-state index contributed by atoms with van der Waals surface area (Å²) in [5.41, 5.74) is 4.37. The number of fused-ring (bicyclic) bond motifs is 1. The van der Waals surface area contributed by atoms with Crippen molar-refractivity contribution in [3.63, 3.8) is 0 Å². The number of methoxy groups -OCH3 is 1. The van der Waals surface area contributed by atoms with Crippen LogP contribution < -0.4 is 0 Å². The molecule has 0 atom stereocenters. The summed E-state index contributed by atoms with van der Waals surface area (Å²) in [4.78, 5) is 14.0. The van der Waals surface area contributed by atoms with Crippen molar-refractivity contribution in [1.29, 1.82) is 0 Å². The lowest BCUT2D eigenvalue weighted by Crippen LogP contribution is -2.29. The predicted molar refractivity (Wildman–Crippen MR) is 140 cm³/mol. The van der Waals surface area contributed by atoms with Crippen LogP contribution in [-0.2, 0) is 22.5 Å². The lowest BCUT2D eigenvalue weighted by atomic mass is 9.87. The van der Waals surface area contributed by atoms with Gasteiger partial charge in [0.2, 0.25) is 0 Å². The number of esters is 1. The summed E-state index contributed by atoms with van der Waals surface area (Å²) in [7, 11) is 1.48. The standard InChI is InChI=1S/C28H34ClNO2S/c1-18(2)21-10-13-24-23(14-21)26(33-17-20-6-7-20)25(15-28(3,4)27(31)32-5)30(24)16-19-8-11-22(29)12-9-19/h8-14,18,20H,6-7,15-17H2,1-5H3. The topological polar surface area (TPSA) is 31.2 Å². The minimum Gasteiger partial charge on any atom is -0.469 e. The van der Waals surface area contributed by atoms with E-state index in [1.54, 1.807) is 0 Å². The van der Waals surface area contributed by atoms with E-state index < -0.39 is 5.41 Å². The summed E-state index contributed by atoms with van der Waals surface area (Å²) in [6, 6.07) is 14.9. The van der Waals surface area contributed by atoms with Crippen molar-refractivity contribution in [1.82, 2.24) is 4.57 Å². The first-order valence-corrected chi connectivity index (χ1v) is 13.2. The van der Waals surface area contributed by atoms with Crippen LogP contribution >= 0.6 is 23.4 Å². The van der Waals surface area contributed by atoms with Crippen LogP contribution in [0.15, 0.2) is 47.4 Å². The Morgan fingerprint density at radius 2 is 1.88 bits per heavy atom. The van der Waals surface area contributed by atoms with Gasteiger partial charge >= 0.3 is 5.97 Å². The molecule has 1 aliphatic rings. The summed E-state index contributed by atoms with van der Waals surface area (Å²) < 4.78 is 7.57. The molecule has 0 unspecified atom stereocenters. The molecule has 0 N–H and O–H groups in total. The van der Waals surface area contributed by atoms with Crippen molar-refractivity contribution in [3.8, 4) is 0 Å². The van der Waals surface area contributed by atoms with Crippen molar-refractivity contribution in [2.75, 3.05) is 12.9 Å². The Morgan fingerprint density at radius 1 is 1.18 bits per heavy atom. The number of hydrogen-bond donors (Lipinski definition) is 0. The van der Waals surface area contributed by atoms with E-state index in [1.165, 1.54) is 52.6 Å². The number of hydrogen-bond acceptors (Lipinski definition) is 3. The molecule has 0 saturated heterocycles. The van der Waals surface area contributed by atoms with Crippen molar-refractivity contribution in [2.24, 2.45) is 11.3 Å². The van der Waals surface area contributed by atoms with E-state index >= 15 is 0 Å². The molecule has 2 aromatic carbocycles. The fraction of sp³-hybridized carbons (Fsp3) is 0.464. The van der Waals surface area contributed by atoms with E-state index in [9.17, 15) is 4.79 Å². The summed E-state index contributed by atoms with van der Waals surface area (Å²) in [5, 5.41) is 2.04. The van der Waals surface area contributed by atoms with Gasteiger partial charge in [-0.05, 0) is 73.9 Å². The summed E-state index contributed by atoms with van der Waals surface area (Å²) in [6.07, 6.45) is 3.29. The van der Waals surface area contributed by atoms with E-state index in [0.717, 1.165) is 23.2 Å². The van der Waals surface area contributed by atoms with Gasteiger partial charge in [0.25, 0.3) is 0 Å². The lowest BCUT2D eigenvalue weighted by Gasteiger charge is -2.23. The maximum atomic E-state index is 12.6. The zero-order chi connectivity index (χ0) is 23.8. The van der Waals surface area contributed by atoms with Crippen LogP contribution in [0.5, 0.6) is 0 Å². The van der Waals surface area contributed by atoms with Gasteiger partial charge < -0.3 is 9.30 Å². The Labute approximate surface area is 206 Å². The molecular weight excluding hydrogens is 450 g/mol. The third kappa shape index (κ3) is 5.44. The number of nitrogens with zero attached hydrogens (tertiary/aromatic N) is 1. The number of rotatable bonds is 9. The molecular formula is C28H34ClNO2S. The molecule has 0 radical (unpaired) electrons. The third-order valence-corrected chi connectivity index (χ3v) is 8.21. The molecule has 1 aliphatic carbocycles. The minimum atomic E-state index is -0.614. The molecule has 33 heavy (non-hydrogen) atoms. The highest BCUT2D eigenvalue weighted by molar-refractivity contribution is 7.99. The first kappa shape index (κ1) is 24.2. The Morgan fingerprint density at radius 3 is 2.48 bits per heavy atom. The second-order valence-corrected chi connectivity index (χ2v) is 11.7. The van der Waals surface area contributed by atoms with Crippen LogP contribution in [0.3, 0.4) is 0 Å². The summed E-state index contributed by atoms with van der Waals surface area (Å²) >= 11 is 8.11. The molecule has 176 valence electrons. The largest absolute Gasteiger partial charge is 0.469 e. The molecule has 3 aromatic rings. The number of ether oxygens (including phenoxy) is 1. The van der Waals surface area contributed by atoms with Crippen LogP contribution in [0.1, 0.15) is 63.3 Å². The average molecular weight is 484 g/mol. The Hall–Kier alpha value is -1.91. The fourth-order valence-corrected chi connectivity index (χ4v) is 5.83. The van der Waals surface area contributed by atoms with Gasteiger partial charge in [0, 0.05) is 45.2 Å². The second kappa shape index (κ2) is 9.76. The molecule has 1 fully saturated rings. The number of carbonyl (C=O) groups is 1. The van der Waals surface area contributed by atoms with Gasteiger partial charge in [-0.3, -0.25) is 4.79 Å². The van der Waals surface area contributed by atoms with E-state index in [4.69, 9.17) is 16.3 Å². The van der Waals surface area contributed by atoms with Crippen LogP contribution in [0.4, 0.5) is 0 Å². The molecule has 1 heterocycles. The lowest BCUT2D eigenvalue weighted by molar-refractivity contribution is -0.150. The van der Waals surface area contributed by atoms with Gasteiger partial charge in [-0.25, -0.2) is 0 Å². The first-order chi connectivity index (χ1) is 15.7. The zero-order valence-corrected chi connectivity index (χ0v) is 21.9. The van der Waals surface area contributed by atoms with Gasteiger partial charge in [-0.15, -0.1) is 11.8 Å². The molecule has 0 bridgehead atoms. The van der Waals surface area contributed by atoms with Gasteiger partial charge in [-0.1, -0.05) is 43.6 Å². The number of benzene rings is 2. The van der Waals surface area contributed by atoms with Gasteiger partial charge in [0.05, 0.1) is 12.5 Å². The highest BCUT2D eigenvalue weighted by Gasteiger charge is 2.33. The molecule has 1 aromatic heterocycles. The van der Waals surface area contributed by atoms with Gasteiger partial charge in [0.15, 0.2) is 0 Å². The maximum absolute atomic E-state index is 12.6. The van der Waals surface area contributed by atoms with E-state index in [-0.39, 0.29) is 5.97 Å². The van der Waals surface area contributed by atoms with Gasteiger partial charge in [0.1, 0.15) is 0 Å². The van der Waals surface area contributed by atoms with Crippen LogP contribution in [-0.4, -0.2) is 23.4 Å². The molecule has 3 nitrogen and oxygen atoms in total. The van der Waals surface area contributed by atoms with Crippen molar-refractivity contribution in [2.45, 2.75) is 64.3 Å². The molecule has 5 heteroatoms. The normalized spacial score (nSPS) is 14.3. The van der Waals surface area contributed by atoms with Crippen molar-refractivity contribution >= 4 is 40.2 Å². The third-order valence-electron chi connectivity index (χ3n) is 6.57. The average Bonchev–Trinajstić information content (AvgIpc) is 3.57. The maximum Gasteiger partial charge on any atom is 0.311 e. The van der Waals surface area contributed by atoms with Gasteiger partial charge in [-0.2, -0.15) is 0 Å².